The second kappa shape index (κ2) is 6.41. The van der Waals surface area contributed by atoms with Gasteiger partial charge in [0.05, 0.1) is 0 Å². The summed E-state index contributed by atoms with van der Waals surface area (Å²) in [5.41, 5.74) is 0. The summed E-state index contributed by atoms with van der Waals surface area (Å²) in [6.07, 6.45) is 1.23. The summed E-state index contributed by atoms with van der Waals surface area (Å²) < 4.78 is 0. The number of benzene rings is 1. The zero-order valence-corrected chi connectivity index (χ0v) is 10.8. The van der Waals surface area contributed by atoms with E-state index in [1.807, 2.05) is 23.5 Å². The van der Waals surface area contributed by atoms with Gasteiger partial charge in [-0.25, -0.2) is 0 Å². The van der Waals surface area contributed by atoms with E-state index in [-0.39, 0.29) is 0 Å². The summed E-state index contributed by atoms with van der Waals surface area (Å²) in [5, 5.41) is 0.722. The standard InChI is InChI=1S/C12H18S2/c1-4-10(3)14-12-8-6-11(7-9-12)13-5-2/h6-10H,4-5H2,1-3H3. The zero-order valence-electron chi connectivity index (χ0n) is 9.12. The topological polar surface area (TPSA) is 0 Å². The Hall–Kier alpha value is -0.0800. The van der Waals surface area contributed by atoms with Crippen molar-refractivity contribution < 1.29 is 0 Å². The Labute approximate surface area is 95.9 Å². The van der Waals surface area contributed by atoms with Gasteiger partial charge in [0.2, 0.25) is 0 Å². The smallest absolute Gasteiger partial charge is 0.00754 e. The molecule has 2 heteroatoms. The highest BCUT2D eigenvalue weighted by molar-refractivity contribution is 8.00. The van der Waals surface area contributed by atoms with Crippen molar-refractivity contribution in [2.24, 2.45) is 0 Å². The van der Waals surface area contributed by atoms with Crippen LogP contribution in [-0.4, -0.2) is 11.0 Å². The van der Waals surface area contributed by atoms with Crippen molar-refractivity contribution in [3.05, 3.63) is 24.3 Å². The molecule has 78 valence electrons. The molecular weight excluding hydrogens is 208 g/mol. The van der Waals surface area contributed by atoms with Crippen molar-refractivity contribution in [2.45, 2.75) is 42.2 Å². The van der Waals surface area contributed by atoms with E-state index in [4.69, 9.17) is 0 Å². The fourth-order valence-corrected chi connectivity index (χ4v) is 2.68. The third-order valence-electron chi connectivity index (χ3n) is 2.05. The van der Waals surface area contributed by atoms with Gasteiger partial charge in [-0.05, 0) is 36.4 Å². The molecule has 0 saturated heterocycles. The van der Waals surface area contributed by atoms with Crippen LogP contribution >= 0.6 is 23.5 Å². The lowest BCUT2D eigenvalue weighted by Crippen LogP contribution is -1.91. The second-order valence-corrected chi connectivity index (χ2v) is 6.09. The third kappa shape index (κ3) is 3.97. The molecule has 1 aromatic carbocycles. The molecule has 1 unspecified atom stereocenters. The molecule has 0 fully saturated rings. The number of hydrogen-bond donors (Lipinski definition) is 0. The Bertz CT molecular complexity index is 254. The maximum atomic E-state index is 2.28. The molecule has 0 N–H and O–H groups in total. The van der Waals surface area contributed by atoms with Crippen LogP contribution in [0.3, 0.4) is 0 Å². The number of thioether (sulfide) groups is 2. The lowest BCUT2D eigenvalue weighted by Gasteiger charge is -2.08. The van der Waals surface area contributed by atoms with E-state index in [1.165, 1.54) is 16.2 Å². The quantitative estimate of drug-likeness (QED) is 0.668. The average Bonchev–Trinajstić information content (AvgIpc) is 2.21. The largest absolute Gasteiger partial charge is 0.126 e. The van der Waals surface area contributed by atoms with E-state index in [2.05, 4.69) is 45.0 Å². The van der Waals surface area contributed by atoms with Gasteiger partial charge in [0.25, 0.3) is 0 Å². The van der Waals surface area contributed by atoms with E-state index in [9.17, 15) is 0 Å². The van der Waals surface area contributed by atoms with E-state index in [1.54, 1.807) is 0 Å². The Morgan fingerprint density at radius 2 is 1.64 bits per heavy atom. The van der Waals surface area contributed by atoms with Gasteiger partial charge in [-0.2, -0.15) is 0 Å². The van der Waals surface area contributed by atoms with Crippen LogP contribution < -0.4 is 0 Å². The monoisotopic (exact) mass is 226 g/mol. The normalized spacial score (nSPS) is 12.8. The number of hydrogen-bond acceptors (Lipinski definition) is 2. The molecule has 0 saturated carbocycles. The fourth-order valence-electron chi connectivity index (χ4n) is 1.10. The molecular formula is C12H18S2. The first-order valence-electron chi connectivity index (χ1n) is 5.15. The zero-order chi connectivity index (χ0) is 10.4. The SMILES string of the molecule is CCSc1ccc(SC(C)CC)cc1. The van der Waals surface area contributed by atoms with Crippen molar-refractivity contribution in [1.82, 2.24) is 0 Å². The maximum Gasteiger partial charge on any atom is 0.00754 e. The second-order valence-electron chi connectivity index (χ2n) is 3.24. The van der Waals surface area contributed by atoms with Gasteiger partial charge in [-0.1, -0.05) is 20.8 Å². The molecule has 0 nitrogen and oxygen atoms in total. The van der Waals surface area contributed by atoms with Crippen LogP contribution in [0.25, 0.3) is 0 Å². The molecule has 1 aromatic rings. The predicted octanol–water partition coefficient (Wildman–Crippen LogP) is 4.69. The molecule has 0 spiro atoms. The van der Waals surface area contributed by atoms with Crippen LogP contribution in [0.2, 0.25) is 0 Å². The van der Waals surface area contributed by atoms with E-state index >= 15 is 0 Å². The van der Waals surface area contributed by atoms with Crippen molar-refractivity contribution in [1.29, 1.82) is 0 Å². The van der Waals surface area contributed by atoms with Crippen LogP contribution in [0.15, 0.2) is 34.1 Å². The van der Waals surface area contributed by atoms with Crippen LogP contribution in [0.5, 0.6) is 0 Å². The molecule has 1 atom stereocenters. The summed E-state index contributed by atoms with van der Waals surface area (Å²) in [6.45, 7) is 6.70. The highest BCUT2D eigenvalue weighted by atomic mass is 32.2. The van der Waals surface area contributed by atoms with Crippen molar-refractivity contribution >= 4 is 23.5 Å². The van der Waals surface area contributed by atoms with E-state index < -0.39 is 0 Å². The average molecular weight is 226 g/mol. The molecule has 0 radical (unpaired) electrons. The molecule has 0 aliphatic heterocycles. The van der Waals surface area contributed by atoms with E-state index in [0.29, 0.717) is 0 Å². The molecule has 0 amide bonds. The van der Waals surface area contributed by atoms with Gasteiger partial charge in [0.1, 0.15) is 0 Å². The van der Waals surface area contributed by atoms with Gasteiger partial charge in [0.15, 0.2) is 0 Å². The lowest BCUT2D eigenvalue weighted by molar-refractivity contribution is 0.905. The lowest BCUT2D eigenvalue weighted by atomic mass is 10.4. The first-order valence-corrected chi connectivity index (χ1v) is 7.02. The van der Waals surface area contributed by atoms with Crippen LogP contribution in [-0.2, 0) is 0 Å². The first-order chi connectivity index (χ1) is 6.76. The molecule has 0 bridgehead atoms. The Kier molecular flexibility index (Phi) is 5.49. The van der Waals surface area contributed by atoms with Gasteiger partial charge in [-0.3, -0.25) is 0 Å². The molecule has 0 aliphatic rings. The summed E-state index contributed by atoms with van der Waals surface area (Å²) in [4.78, 5) is 2.76. The number of rotatable bonds is 5. The van der Waals surface area contributed by atoms with Gasteiger partial charge < -0.3 is 0 Å². The molecule has 0 heterocycles. The Balaban J connectivity index is 2.54. The summed E-state index contributed by atoms with van der Waals surface area (Å²) in [5.74, 6) is 1.15. The molecule has 0 aromatic heterocycles. The minimum absolute atomic E-state index is 0.722. The van der Waals surface area contributed by atoms with Crippen LogP contribution in [0.4, 0.5) is 0 Å². The minimum Gasteiger partial charge on any atom is -0.126 e. The molecule has 14 heavy (non-hydrogen) atoms. The highest BCUT2D eigenvalue weighted by Crippen LogP contribution is 2.27. The minimum atomic E-state index is 0.722. The summed E-state index contributed by atoms with van der Waals surface area (Å²) >= 11 is 3.86. The maximum absolute atomic E-state index is 2.28. The van der Waals surface area contributed by atoms with Crippen LogP contribution in [0, 0.1) is 0 Å². The Morgan fingerprint density at radius 1 is 1.07 bits per heavy atom. The first kappa shape index (κ1) is 12.0. The third-order valence-corrected chi connectivity index (χ3v) is 4.22. The van der Waals surface area contributed by atoms with Crippen molar-refractivity contribution in [3.63, 3.8) is 0 Å². The van der Waals surface area contributed by atoms with Gasteiger partial charge >= 0.3 is 0 Å². The predicted molar refractivity (Wildman–Crippen MR) is 68.5 cm³/mol. The summed E-state index contributed by atoms with van der Waals surface area (Å²) in [7, 11) is 0. The molecule has 1 rings (SSSR count). The summed E-state index contributed by atoms with van der Waals surface area (Å²) in [6, 6.07) is 8.90. The van der Waals surface area contributed by atoms with Gasteiger partial charge in [-0.15, -0.1) is 23.5 Å². The fraction of sp³-hybridized carbons (Fsp3) is 0.500. The van der Waals surface area contributed by atoms with Gasteiger partial charge in [0, 0.05) is 15.0 Å². The Morgan fingerprint density at radius 3 is 2.14 bits per heavy atom. The van der Waals surface area contributed by atoms with Crippen molar-refractivity contribution in [3.8, 4) is 0 Å². The van der Waals surface area contributed by atoms with Crippen molar-refractivity contribution in [2.75, 3.05) is 5.75 Å². The van der Waals surface area contributed by atoms with E-state index in [0.717, 1.165) is 11.0 Å². The van der Waals surface area contributed by atoms with Crippen LogP contribution in [0.1, 0.15) is 27.2 Å². The molecule has 0 aliphatic carbocycles. The highest BCUT2D eigenvalue weighted by Gasteiger charge is 2.01.